The van der Waals surface area contributed by atoms with Crippen molar-refractivity contribution in [3.8, 4) is 22.6 Å². The summed E-state index contributed by atoms with van der Waals surface area (Å²) in [5, 5.41) is 2.53. The molecule has 0 saturated carbocycles. The van der Waals surface area contributed by atoms with Crippen molar-refractivity contribution in [2.45, 2.75) is 33.1 Å². The van der Waals surface area contributed by atoms with Crippen LogP contribution in [-0.2, 0) is 5.41 Å². The minimum absolute atomic E-state index is 0.0600. The summed E-state index contributed by atoms with van der Waals surface area (Å²) in [6, 6.07) is 60.2. The molecule has 262 valence electrons. The van der Waals surface area contributed by atoms with E-state index >= 15 is 0 Å². The first-order valence-electron chi connectivity index (χ1n) is 19.3. The zero-order valence-electron chi connectivity index (χ0n) is 31.5. The van der Waals surface area contributed by atoms with E-state index in [2.05, 4.69) is 201 Å². The van der Waals surface area contributed by atoms with Gasteiger partial charge in [0, 0.05) is 39.5 Å². The molecule has 2 aliphatic heterocycles. The molecule has 0 unspecified atom stereocenters. The number of aryl methyl sites for hydroxylation is 2. The Morgan fingerprint density at radius 3 is 1.96 bits per heavy atom. The van der Waals surface area contributed by atoms with Gasteiger partial charge in [-0.2, -0.15) is 0 Å². The Morgan fingerprint density at radius 2 is 1.22 bits per heavy atom. The van der Waals surface area contributed by atoms with Gasteiger partial charge in [-0.3, -0.25) is 0 Å². The average Bonchev–Trinajstić information content (AvgIpc) is 3.44. The van der Waals surface area contributed by atoms with Gasteiger partial charge in [0.1, 0.15) is 11.5 Å². The number of hydrogen-bond acceptors (Lipinski definition) is 3. The Kier molecular flexibility index (Phi) is 6.82. The number of nitrogens with zero attached hydrogens (tertiary/aromatic N) is 2. The summed E-state index contributed by atoms with van der Waals surface area (Å²) >= 11 is 0. The lowest BCUT2D eigenvalue weighted by Gasteiger charge is -2.40. The highest BCUT2D eigenvalue weighted by molar-refractivity contribution is 6.99. The van der Waals surface area contributed by atoms with Crippen molar-refractivity contribution in [2.75, 3.05) is 9.80 Å². The lowest BCUT2D eigenvalue weighted by Crippen LogP contribution is -2.59. The summed E-state index contributed by atoms with van der Waals surface area (Å²) in [5.41, 5.74) is 18.3. The van der Waals surface area contributed by atoms with Crippen LogP contribution >= 0.6 is 0 Å². The van der Waals surface area contributed by atoms with Crippen LogP contribution < -0.4 is 30.9 Å². The summed E-state index contributed by atoms with van der Waals surface area (Å²) in [5.74, 6) is 1.88. The molecule has 0 radical (unpaired) electrons. The van der Waals surface area contributed by atoms with E-state index in [0.717, 1.165) is 34.2 Å². The van der Waals surface area contributed by atoms with Crippen LogP contribution in [0.5, 0.6) is 11.5 Å². The predicted octanol–water partition coefficient (Wildman–Crippen LogP) is 11.6. The Hall–Kier alpha value is -6.52. The number of ether oxygens (including phenoxy) is 1. The van der Waals surface area contributed by atoms with Crippen LogP contribution in [0.2, 0.25) is 0 Å². The van der Waals surface area contributed by atoms with E-state index in [0.29, 0.717) is 0 Å². The first-order valence-corrected chi connectivity index (χ1v) is 19.3. The van der Waals surface area contributed by atoms with E-state index in [9.17, 15) is 0 Å². The molecule has 0 N–H and O–H groups in total. The second-order valence-electron chi connectivity index (χ2n) is 15.9. The third-order valence-corrected chi connectivity index (χ3v) is 12.2. The van der Waals surface area contributed by atoms with E-state index in [-0.39, 0.29) is 12.1 Å². The number of hydrogen-bond donors (Lipinski definition) is 0. The fourth-order valence-corrected chi connectivity index (χ4v) is 9.60. The quantitative estimate of drug-likeness (QED) is 0.170. The highest BCUT2D eigenvalue weighted by Gasteiger charge is 2.45. The van der Waals surface area contributed by atoms with Gasteiger partial charge in [-0.05, 0) is 136 Å². The maximum atomic E-state index is 6.93. The predicted molar refractivity (Wildman–Crippen MR) is 232 cm³/mol. The first kappa shape index (κ1) is 32.0. The molecule has 0 atom stereocenters. The Labute approximate surface area is 323 Å². The van der Waals surface area contributed by atoms with E-state index in [1.54, 1.807) is 0 Å². The number of anilines is 6. The van der Waals surface area contributed by atoms with Crippen molar-refractivity contribution in [2.24, 2.45) is 0 Å². The molecule has 0 fully saturated rings. The summed E-state index contributed by atoms with van der Waals surface area (Å²) in [4.78, 5) is 4.76. The molecule has 0 spiro atoms. The maximum absolute atomic E-state index is 6.93. The molecule has 0 amide bonds. The van der Waals surface area contributed by atoms with Crippen LogP contribution in [0, 0.1) is 13.8 Å². The normalized spacial score (nSPS) is 14.0. The van der Waals surface area contributed by atoms with Crippen molar-refractivity contribution in [1.29, 1.82) is 0 Å². The molecule has 0 saturated heterocycles. The molecule has 8 aromatic carbocycles. The lowest BCUT2D eigenvalue weighted by molar-refractivity contribution is 0.487. The Morgan fingerprint density at radius 1 is 0.545 bits per heavy atom. The van der Waals surface area contributed by atoms with E-state index < -0.39 is 0 Å². The minimum atomic E-state index is -0.224. The van der Waals surface area contributed by atoms with Gasteiger partial charge in [-0.15, -0.1) is 0 Å². The summed E-state index contributed by atoms with van der Waals surface area (Å²) in [6.45, 7) is 9.14. The standard InChI is InChI=1S/C51H39BN2O/c1-32-17-22-36(23-18-32)53(37-24-19-33(2)20-25-37)38-26-28-39-34(29-38)21-27-40-41-30-48-44(31-42(41)51(3,4)49(39)40)52-43-13-8-9-14-45(43)54(35-11-6-5-7-12-35)46-15-10-16-47(55-48)50(46)52/h5-31H,1-4H3. The summed E-state index contributed by atoms with van der Waals surface area (Å²) < 4.78 is 6.93. The second kappa shape index (κ2) is 11.7. The third kappa shape index (κ3) is 4.71. The van der Waals surface area contributed by atoms with Crippen LogP contribution in [0.25, 0.3) is 21.9 Å². The lowest BCUT2D eigenvalue weighted by atomic mass is 9.34. The monoisotopic (exact) mass is 706 g/mol. The van der Waals surface area contributed by atoms with E-state index in [1.165, 1.54) is 71.9 Å². The molecular formula is C51H39BN2O. The fraction of sp³-hybridized carbons (Fsp3) is 0.0980. The summed E-state index contributed by atoms with van der Waals surface area (Å²) in [7, 11) is 0. The van der Waals surface area contributed by atoms with Gasteiger partial charge in [-0.1, -0.05) is 116 Å². The van der Waals surface area contributed by atoms with Crippen molar-refractivity contribution in [1.82, 2.24) is 0 Å². The maximum Gasteiger partial charge on any atom is 0.256 e. The molecule has 2 heterocycles. The summed E-state index contributed by atoms with van der Waals surface area (Å²) in [6.07, 6.45) is 0. The highest BCUT2D eigenvalue weighted by atomic mass is 16.5. The van der Waals surface area contributed by atoms with Gasteiger partial charge in [0.2, 0.25) is 0 Å². The smallest absolute Gasteiger partial charge is 0.256 e. The topological polar surface area (TPSA) is 15.7 Å². The van der Waals surface area contributed by atoms with Crippen molar-refractivity contribution in [3.63, 3.8) is 0 Å². The molecular weight excluding hydrogens is 667 g/mol. The highest BCUT2D eigenvalue weighted by Crippen LogP contribution is 2.53. The Balaban J connectivity index is 1.05. The van der Waals surface area contributed by atoms with E-state index in [1.807, 2.05) is 0 Å². The van der Waals surface area contributed by atoms with Crippen molar-refractivity contribution in [3.05, 3.63) is 186 Å². The van der Waals surface area contributed by atoms with Crippen molar-refractivity contribution >= 4 is 68.0 Å². The van der Waals surface area contributed by atoms with E-state index in [4.69, 9.17) is 4.74 Å². The van der Waals surface area contributed by atoms with Crippen LogP contribution in [0.4, 0.5) is 34.1 Å². The molecule has 1 aliphatic carbocycles. The van der Waals surface area contributed by atoms with Crippen LogP contribution in [0.3, 0.4) is 0 Å². The molecule has 3 aliphatic rings. The molecule has 0 bridgehead atoms. The molecule has 0 aromatic heterocycles. The minimum Gasteiger partial charge on any atom is -0.458 e. The van der Waals surface area contributed by atoms with Crippen LogP contribution in [-0.4, -0.2) is 6.71 Å². The van der Waals surface area contributed by atoms with Crippen LogP contribution in [0.1, 0.15) is 36.1 Å². The zero-order chi connectivity index (χ0) is 37.0. The van der Waals surface area contributed by atoms with Crippen LogP contribution in [0.15, 0.2) is 164 Å². The van der Waals surface area contributed by atoms with Gasteiger partial charge in [0.15, 0.2) is 0 Å². The largest absolute Gasteiger partial charge is 0.458 e. The third-order valence-electron chi connectivity index (χ3n) is 12.2. The number of benzene rings is 8. The van der Waals surface area contributed by atoms with Gasteiger partial charge in [0.05, 0.1) is 0 Å². The van der Waals surface area contributed by atoms with Gasteiger partial charge in [-0.25, -0.2) is 0 Å². The number of para-hydroxylation sites is 2. The van der Waals surface area contributed by atoms with Gasteiger partial charge < -0.3 is 14.5 Å². The number of fused-ring (bicyclic) bond motifs is 9. The van der Waals surface area contributed by atoms with Gasteiger partial charge in [0.25, 0.3) is 6.71 Å². The molecule has 55 heavy (non-hydrogen) atoms. The zero-order valence-corrected chi connectivity index (χ0v) is 31.5. The second-order valence-corrected chi connectivity index (χ2v) is 15.9. The molecule has 3 nitrogen and oxygen atoms in total. The van der Waals surface area contributed by atoms with Gasteiger partial charge >= 0.3 is 0 Å². The molecule has 8 aromatic rings. The first-order chi connectivity index (χ1) is 26.8. The average molecular weight is 707 g/mol. The Bertz CT molecular complexity index is 2800. The molecule has 11 rings (SSSR count). The SMILES string of the molecule is Cc1ccc(N(c2ccc(C)cc2)c2ccc3c4c(ccc3c2)-c2cc3c(cc2C4(C)C)B2c4ccccc4N(c4ccccc4)c4cccc(c42)O3)cc1. The molecule has 4 heteroatoms. The fourth-order valence-electron chi connectivity index (χ4n) is 9.60. The van der Waals surface area contributed by atoms with Crippen molar-refractivity contribution < 1.29 is 4.74 Å². The number of rotatable bonds is 4.